The van der Waals surface area contributed by atoms with Gasteiger partial charge in [0.05, 0.1) is 28.3 Å². The molecule has 0 bridgehead atoms. The number of rotatable bonds is 4. The fraction of sp³-hybridized carbons (Fsp3) is 0.133. The molecule has 0 aliphatic rings. The second-order valence-electron chi connectivity index (χ2n) is 4.58. The Kier molecular flexibility index (Phi) is 4.91. The number of anilines is 1. The molecule has 5 nitrogen and oxygen atoms in total. The molecule has 0 fully saturated rings. The third-order valence-corrected chi connectivity index (χ3v) is 5.28. The molecule has 2 aromatic carbocycles. The molecular formula is C15H13ClFNO4S. The summed E-state index contributed by atoms with van der Waals surface area (Å²) in [4.78, 5) is 11.5. The highest BCUT2D eigenvalue weighted by molar-refractivity contribution is 7.92. The van der Waals surface area contributed by atoms with Crippen LogP contribution >= 0.6 is 11.6 Å². The molecule has 2 aromatic rings. The molecule has 8 heteroatoms. The standard InChI is InChI=1S/C15H13ClFNO4S/c1-18(23(20,21)12-6-4-11(17)5-7-12)14-9-10(15(19)22-2)3-8-13(14)16/h3-9H,1-2H3. The van der Waals surface area contributed by atoms with Gasteiger partial charge >= 0.3 is 5.97 Å². The Balaban J connectivity index is 2.48. The normalized spacial score (nSPS) is 11.1. The molecular weight excluding hydrogens is 345 g/mol. The molecule has 0 aliphatic carbocycles. The number of benzene rings is 2. The van der Waals surface area contributed by atoms with Crippen molar-refractivity contribution in [2.24, 2.45) is 0 Å². The first-order valence-electron chi connectivity index (χ1n) is 6.39. The number of hydrogen-bond donors (Lipinski definition) is 0. The molecule has 0 atom stereocenters. The van der Waals surface area contributed by atoms with Crippen molar-refractivity contribution in [3.8, 4) is 0 Å². The molecule has 122 valence electrons. The zero-order chi connectivity index (χ0) is 17.2. The summed E-state index contributed by atoms with van der Waals surface area (Å²) in [6, 6.07) is 8.55. The van der Waals surface area contributed by atoms with Crippen molar-refractivity contribution in [3.05, 3.63) is 58.9 Å². The molecule has 0 unspecified atom stereocenters. The van der Waals surface area contributed by atoms with E-state index >= 15 is 0 Å². The van der Waals surface area contributed by atoms with Crippen molar-refractivity contribution in [1.29, 1.82) is 0 Å². The number of carbonyl (C=O) groups is 1. The van der Waals surface area contributed by atoms with Crippen LogP contribution in [-0.4, -0.2) is 28.5 Å². The largest absolute Gasteiger partial charge is 0.465 e. The van der Waals surface area contributed by atoms with Gasteiger partial charge in [0, 0.05) is 7.05 Å². The molecule has 0 aromatic heterocycles. The molecule has 0 aliphatic heterocycles. The van der Waals surface area contributed by atoms with Crippen LogP contribution < -0.4 is 4.31 Å². The first-order valence-corrected chi connectivity index (χ1v) is 8.21. The minimum atomic E-state index is -3.95. The van der Waals surface area contributed by atoms with Crippen LogP contribution in [0.4, 0.5) is 10.1 Å². The van der Waals surface area contributed by atoms with E-state index in [9.17, 15) is 17.6 Å². The summed E-state index contributed by atoms with van der Waals surface area (Å²) in [5, 5.41) is 0.144. The van der Waals surface area contributed by atoms with Gasteiger partial charge < -0.3 is 4.74 Å². The smallest absolute Gasteiger partial charge is 0.337 e. The van der Waals surface area contributed by atoms with Crippen LogP contribution in [0.25, 0.3) is 0 Å². The van der Waals surface area contributed by atoms with E-state index in [1.54, 1.807) is 0 Å². The van der Waals surface area contributed by atoms with Gasteiger partial charge in [0.2, 0.25) is 0 Å². The van der Waals surface area contributed by atoms with Gasteiger partial charge in [0.1, 0.15) is 5.82 Å². The van der Waals surface area contributed by atoms with Crippen LogP contribution in [-0.2, 0) is 14.8 Å². The van der Waals surface area contributed by atoms with E-state index in [0.29, 0.717) is 0 Å². The second kappa shape index (κ2) is 6.55. The van der Waals surface area contributed by atoms with E-state index in [1.165, 1.54) is 32.4 Å². The molecule has 0 spiro atoms. The van der Waals surface area contributed by atoms with Crippen LogP contribution in [0.3, 0.4) is 0 Å². The number of nitrogens with zero attached hydrogens (tertiary/aromatic N) is 1. The number of sulfonamides is 1. The summed E-state index contributed by atoms with van der Waals surface area (Å²) in [6.45, 7) is 0. The first-order chi connectivity index (χ1) is 10.8. The van der Waals surface area contributed by atoms with Crippen molar-refractivity contribution in [3.63, 3.8) is 0 Å². The highest BCUT2D eigenvalue weighted by Crippen LogP contribution is 2.30. The van der Waals surface area contributed by atoms with Gasteiger partial charge in [-0.05, 0) is 42.5 Å². The van der Waals surface area contributed by atoms with Crippen LogP contribution in [0, 0.1) is 5.82 Å². The van der Waals surface area contributed by atoms with Gasteiger partial charge in [0.25, 0.3) is 10.0 Å². The van der Waals surface area contributed by atoms with E-state index < -0.39 is 21.8 Å². The summed E-state index contributed by atoms with van der Waals surface area (Å²) in [5.74, 6) is -1.16. The van der Waals surface area contributed by atoms with Crippen molar-refractivity contribution in [2.45, 2.75) is 4.90 Å². The van der Waals surface area contributed by atoms with E-state index in [4.69, 9.17) is 11.6 Å². The number of carbonyl (C=O) groups excluding carboxylic acids is 1. The predicted molar refractivity (Wildman–Crippen MR) is 84.8 cm³/mol. The van der Waals surface area contributed by atoms with E-state index in [1.807, 2.05) is 0 Å². The van der Waals surface area contributed by atoms with Gasteiger partial charge in [-0.3, -0.25) is 4.31 Å². The molecule has 0 radical (unpaired) electrons. The molecule has 0 N–H and O–H groups in total. The van der Waals surface area contributed by atoms with Crippen LogP contribution in [0.1, 0.15) is 10.4 Å². The summed E-state index contributed by atoms with van der Waals surface area (Å²) >= 11 is 6.04. The maximum absolute atomic E-state index is 13.0. The number of esters is 1. The lowest BCUT2D eigenvalue weighted by Gasteiger charge is -2.21. The number of hydrogen-bond acceptors (Lipinski definition) is 4. The Hall–Kier alpha value is -2.12. The molecule has 0 saturated carbocycles. The summed E-state index contributed by atoms with van der Waals surface area (Å²) in [5.41, 5.74) is 0.270. The molecule has 23 heavy (non-hydrogen) atoms. The Bertz CT molecular complexity index is 837. The SMILES string of the molecule is COC(=O)c1ccc(Cl)c(N(C)S(=O)(=O)c2ccc(F)cc2)c1. The Labute approximate surface area is 138 Å². The van der Waals surface area contributed by atoms with E-state index in [0.717, 1.165) is 28.6 Å². The lowest BCUT2D eigenvalue weighted by molar-refractivity contribution is 0.0601. The number of methoxy groups -OCH3 is 1. The molecule has 0 saturated heterocycles. The fourth-order valence-electron chi connectivity index (χ4n) is 1.89. The second-order valence-corrected chi connectivity index (χ2v) is 6.96. The maximum atomic E-state index is 13.0. The van der Waals surface area contributed by atoms with E-state index in [-0.39, 0.29) is 21.2 Å². The minimum Gasteiger partial charge on any atom is -0.465 e. The van der Waals surface area contributed by atoms with Gasteiger partial charge in [-0.2, -0.15) is 0 Å². The average Bonchev–Trinajstić information content (AvgIpc) is 2.54. The molecule has 0 heterocycles. The third kappa shape index (κ3) is 3.46. The maximum Gasteiger partial charge on any atom is 0.337 e. The third-order valence-electron chi connectivity index (χ3n) is 3.18. The highest BCUT2D eigenvalue weighted by atomic mass is 35.5. The number of halogens is 2. The van der Waals surface area contributed by atoms with Crippen molar-refractivity contribution < 1.29 is 22.3 Å². The van der Waals surface area contributed by atoms with Crippen molar-refractivity contribution in [1.82, 2.24) is 0 Å². The number of ether oxygens (including phenoxy) is 1. The minimum absolute atomic E-state index is 0.0964. The Morgan fingerprint density at radius 1 is 1.17 bits per heavy atom. The summed E-state index contributed by atoms with van der Waals surface area (Å²) in [7, 11) is -1.44. The topological polar surface area (TPSA) is 63.7 Å². The lowest BCUT2D eigenvalue weighted by Crippen LogP contribution is -2.27. The van der Waals surface area contributed by atoms with Crippen LogP contribution in [0.15, 0.2) is 47.4 Å². The summed E-state index contributed by atoms with van der Waals surface area (Å²) in [6.07, 6.45) is 0. The highest BCUT2D eigenvalue weighted by Gasteiger charge is 2.24. The Morgan fingerprint density at radius 2 is 1.78 bits per heavy atom. The quantitative estimate of drug-likeness (QED) is 0.789. The van der Waals surface area contributed by atoms with E-state index in [2.05, 4.69) is 4.74 Å². The fourth-order valence-corrected chi connectivity index (χ4v) is 3.39. The predicted octanol–water partition coefficient (Wildman–Crippen LogP) is 3.09. The monoisotopic (exact) mass is 357 g/mol. The van der Waals surface area contributed by atoms with Crippen molar-refractivity contribution >= 4 is 33.3 Å². The lowest BCUT2D eigenvalue weighted by atomic mass is 10.2. The van der Waals surface area contributed by atoms with Gasteiger partial charge in [-0.15, -0.1) is 0 Å². The average molecular weight is 358 g/mol. The summed E-state index contributed by atoms with van der Waals surface area (Å²) < 4.78 is 43.6. The van der Waals surface area contributed by atoms with Crippen LogP contribution in [0.2, 0.25) is 5.02 Å². The zero-order valence-corrected chi connectivity index (χ0v) is 13.9. The van der Waals surface area contributed by atoms with Crippen LogP contribution in [0.5, 0.6) is 0 Å². The molecule has 2 rings (SSSR count). The van der Waals surface area contributed by atoms with Gasteiger partial charge in [0.15, 0.2) is 0 Å². The first kappa shape index (κ1) is 17.2. The molecule has 0 amide bonds. The zero-order valence-electron chi connectivity index (χ0n) is 12.3. The Morgan fingerprint density at radius 3 is 2.35 bits per heavy atom. The van der Waals surface area contributed by atoms with Gasteiger partial charge in [-0.25, -0.2) is 17.6 Å². The van der Waals surface area contributed by atoms with Gasteiger partial charge in [-0.1, -0.05) is 11.6 Å². The van der Waals surface area contributed by atoms with Crippen molar-refractivity contribution in [2.75, 3.05) is 18.5 Å².